The van der Waals surface area contributed by atoms with Gasteiger partial charge in [-0.15, -0.1) is 0 Å². The molecular formula is C14H11BrN2O2. The molecule has 2 aromatic carbocycles. The molecule has 5 heteroatoms. The van der Waals surface area contributed by atoms with E-state index in [4.69, 9.17) is 5.11 Å². The predicted molar refractivity (Wildman–Crippen MR) is 78.8 cm³/mol. The average Bonchev–Trinajstić information content (AvgIpc) is 2.41. The molecular weight excluding hydrogens is 308 g/mol. The maximum atomic E-state index is 10.7. The van der Waals surface area contributed by atoms with E-state index in [1.807, 2.05) is 24.3 Å². The summed E-state index contributed by atoms with van der Waals surface area (Å²) in [7, 11) is 0. The molecule has 0 bridgehead atoms. The number of aromatic carboxylic acids is 1. The maximum Gasteiger partial charge on any atom is 0.335 e. The fourth-order valence-electron chi connectivity index (χ4n) is 1.42. The molecule has 4 nitrogen and oxygen atoms in total. The number of hydrogen-bond donors (Lipinski definition) is 2. The van der Waals surface area contributed by atoms with Crippen molar-refractivity contribution < 1.29 is 9.90 Å². The Bertz CT molecular complexity index is 592. The van der Waals surface area contributed by atoms with Gasteiger partial charge in [-0.2, -0.15) is 5.10 Å². The Hall–Kier alpha value is -2.14. The topological polar surface area (TPSA) is 61.7 Å². The minimum absolute atomic E-state index is 0.252. The highest BCUT2D eigenvalue weighted by atomic mass is 79.9. The maximum absolute atomic E-state index is 10.7. The van der Waals surface area contributed by atoms with Gasteiger partial charge in [-0.05, 0) is 42.0 Å². The van der Waals surface area contributed by atoms with Gasteiger partial charge < -0.3 is 5.11 Å². The largest absolute Gasteiger partial charge is 0.478 e. The highest BCUT2D eigenvalue weighted by Gasteiger charge is 2.00. The molecule has 0 aliphatic carbocycles. The van der Waals surface area contributed by atoms with Crippen LogP contribution in [-0.4, -0.2) is 17.3 Å². The second-order valence-electron chi connectivity index (χ2n) is 3.80. The van der Waals surface area contributed by atoms with Crippen LogP contribution in [0.25, 0.3) is 0 Å². The summed E-state index contributed by atoms with van der Waals surface area (Å²) in [5.74, 6) is -0.940. The SMILES string of the molecule is O=C(O)c1ccc(N/N=C\c2ccc(Br)cc2)cc1. The third-order valence-electron chi connectivity index (χ3n) is 2.41. The van der Waals surface area contributed by atoms with Crippen LogP contribution in [0.3, 0.4) is 0 Å². The number of nitrogens with zero attached hydrogens (tertiary/aromatic N) is 1. The first-order valence-electron chi connectivity index (χ1n) is 5.53. The van der Waals surface area contributed by atoms with Crippen LogP contribution in [0.5, 0.6) is 0 Å². The minimum atomic E-state index is -0.940. The Balaban J connectivity index is 1.98. The van der Waals surface area contributed by atoms with E-state index in [0.717, 1.165) is 15.7 Å². The van der Waals surface area contributed by atoms with Crippen LogP contribution < -0.4 is 5.43 Å². The van der Waals surface area contributed by atoms with Crippen molar-refractivity contribution in [3.63, 3.8) is 0 Å². The van der Waals surface area contributed by atoms with E-state index < -0.39 is 5.97 Å². The first-order chi connectivity index (χ1) is 9.15. The van der Waals surface area contributed by atoms with E-state index in [1.54, 1.807) is 18.3 Å². The number of rotatable bonds is 4. The summed E-state index contributed by atoms with van der Waals surface area (Å²) in [4.78, 5) is 10.7. The molecule has 0 amide bonds. The zero-order valence-corrected chi connectivity index (χ0v) is 11.5. The Labute approximate surface area is 118 Å². The summed E-state index contributed by atoms with van der Waals surface area (Å²) < 4.78 is 1.02. The van der Waals surface area contributed by atoms with Crippen molar-refractivity contribution >= 4 is 33.8 Å². The lowest BCUT2D eigenvalue weighted by Crippen LogP contribution is -1.96. The van der Waals surface area contributed by atoms with Crippen LogP contribution in [0.2, 0.25) is 0 Å². The smallest absolute Gasteiger partial charge is 0.335 e. The number of carbonyl (C=O) groups is 1. The van der Waals surface area contributed by atoms with Gasteiger partial charge in [0.2, 0.25) is 0 Å². The van der Waals surface area contributed by atoms with Gasteiger partial charge in [0.1, 0.15) is 0 Å². The van der Waals surface area contributed by atoms with Crippen molar-refractivity contribution in [3.8, 4) is 0 Å². The third-order valence-corrected chi connectivity index (χ3v) is 2.94. The van der Waals surface area contributed by atoms with E-state index in [2.05, 4.69) is 26.5 Å². The molecule has 96 valence electrons. The zero-order chi connectivity index (χ0) is 13.7. The molecule has 2 rings (SSSR count). The summed E-state index contributed by atoms with van der Waals surface area (Å²) in [6.45, 7) is 0. The van der Waals surface area contributed by atoms with Gasteiger partial charge >= 0.3 is 5.97 Å². The highest BCUT2D eigenvalue weighted by Crippen LogP contribution is 2.11. The molecule has 19 heavy (non-hydrogen) atoms. The molecule has 0 aliphatic rings. The first kappa shape index (κ1) is 13.3. The lowest BCUT2D eigenvalue weighted by molar-refractivity contribution is 0.0697. The molecule has 0 radical (unpaired) electrons. The van der Waals surface area contributed by atoms with Crippen molar-refractivity contribution in [1.82, 2.24) is 0 Å². The number of carboxylic acids is 1. The van der Waals surface area contributed by atoms with Crippen LogP contribution in [0.1, 0.15) is 15.9 Å². The molecule has 2 aromatic rings. The second kappa shape index (κ2) is 6.15. The number of carboxylic acid groups (broad SMARTS) is 1. The summed E-state index contributed by atoms with van der Waals surface area (Å²) in [5.41, 5.74) is 4.80. The molecule has 0 aromatic heterocycles. The van der Waals surface area contributed by atoms with Crippen LogP contribution in [0, 0.1) is 0 Å². The van der Waals surface area contributed by atoms with E-state index in [1.165, 1.54) is 12.1 Å². The summed E-state index contributed by atoms with van der Waals surface area (Å²) in [5, 5.41) is 12.8. The van der Waals surface area contributed by atoms with Gasteiger partial charge in [0.15, 0.2) is 0 Å². The van der Waals surface area contributed by atoms with Gasteiger partial charge in [-0.3, -0.25) is 5.43 Å². The molecule has 0 atom stereocenters. The normalized spacial score (nSPS) is 10.6. The van der Waals surface area contributed by atoms with Gasteiger partial charge in [0.05, 0.1) is 17.5 Å². The highest BCUT2D eigenvalue weighted by molar-refractivity contribution is 9.10. The second-order valence-corrected chi connectivity index (χ2v) is 4.72. The van der Waals surface area contributed by atoms with Crippen molar-refractivity contribution in [2.45, 2.75) is 0 Å². The number of hydrogen-bond acceptors (Lipinski definition) is 3. The van der Waals surface area contributed by atoms with Crippen LogP contribution in [0.4, 0.5) is 5.69 Å². The van der Waals surface area contributed by atoms with Crippen molar-refractivity contribution in [2.24, 2.45) is 5.10 Å². The van der Waals surface area contributed by atoms with E-state index in [9.17, 15) is 4.79 Å². The predicted octanol–water partition coefficient (Wildman–Crippen LogP) is 3.59. The van der Waals surface area contributed by atoms with Crippen molar-refractivity contribution in [3.05, 3.63) is 64.1 Å². The average molecular weight is 319 g/mol. The summed E-state index contributed by atoms with van der Waals surface area (Å²) in [6.07, 6.45) is 1.69. The van der Waals surface area contributed by atoms with Gasteiger partial charge in [-0.1, -0.05) is 28.1 Å². The van der Waals surface area contributed by atoms with Gasteiger partial charge in [-0.25, -0.2) is 4.79 Å². The van der Waals surface area contributed by atoms with E-state index in [-0.39, 0.29) is 5.56 Å². The Morgan fingerprint density at radius 2 is 1.74 bits per heavy atom. The van der Waals surface area contributed by atoms with Crippen LogP contribution in [-0.2, 0) is 0 Å². The monoisotopic (exact) mass is 318 g/mol. The van der Waals surface area contributed by atoms with Gasteiger partial charge in [0, 0.05) is 4.47 Å². The lowest BCUT2D eigenvalue weighted by atomic mass is 10.2. The quantitative estimate of drug-likeness (QED) is 0.669. The molecule has 0 heterocycles. The minimum Gasteiger partial charge on any atom is -0.478 e. The number of halogens is 1. The number of nitrogens with one attached hydrogen (secondary N) is 1. The Morgan fingerprint density at radius 3 is 2.32 bits per heavy atom. The summed E-state index contributed by atoms with van der Waals surface area (Å²) >= 11 is 3.36. The van der Waals surface area contributed by atoms with Gasteiger partial charge in [0.25, 0.3) is 0 Å². The standard InChI is InChI=1S/C14H11BrN2O2/c15-12-5-1-10(2-6-12)9-16-17-13-7-3-11(4-8-13)14(18)19/h1-9,17H,(H,18,19)/b16-9-. The van der Waals surface area contributed by atoms with Crippen molar-refractivity contribution in [2.75, 3.05) is 5.43 Å². The third kappa shape index (κ3) is 3.93. The van der Waals surface area contributed by atoms with Crippen LogP contribution in [0.15, 0.2) is 58.1 Å². The molecule has 0 saturated heterocycles. The molecule has 0 spiro atoms. The lowest BCUT2D eigenvalue weighted by Gasteiger charge is -2.00. The molecule has 0 unspecified atom stereocenters. The number of anilines is 1. The molecule has 0 aliphatic heterocycles. The first-order valence-corrected chi connectivity index (χ1v) is 6.32. The number of benzene rings is 2. The molecule has 0 fully saturated rings. The Morgan fingerprint density at radius 1 is 1.11 bits per heavy atom. The molecule has 2 N–H and O–H groups in total. The molecule has 0 saturated carbocycles. The van der Waals surface area contributed by atoms with Crippen LogP contribution >= 0.6 is 15.9 Å². The van der Waals surface area contributed by atoms with Crippen molar-refractivity contribution in [1.29, 1.82) is 0 Å². The fraction of sp³-hybridized carbons (Fsp3) is 0. The fourth-order valence-corrected chi connectivity index (χ4v) is 1.68. The number of hydrazone groups is 1. The van der Waals surface area contributed by atoms with E-state index >= 15 is 0 Å². The zero-order valence-electron chi connectivity index (χ0n) is 9.88. The Kier molecular flexibility index (Phi) is 4.30. The van der Waals surface area contributed by atoms with E-state index in [0.29, 0.717) is 0 Å². The summed E-state index contributed by atoms with van der Waals surface area (Å²) in [6, 6.07) is 14.1.